The monoisotopic (exact) mass is 359 g/mol. The Hall–Kier alpha value is -2.40. The van der Waals surface area contributed by atoms with Crippen LogP contribution < -0.4 is 4.74 Å². The van der Waals surface area contributed by atoms with Crippen LogP contribution in [0.25, 0.3) is 0 Å². The molecule has 0 aliphatic carbocycles. The number of aliphatic hydroxyl groups excluding tert-OH is 1. The number of likely N-dealkylation sites (N-methyl/N-ethyl adjacent to an activating group) is 1. The second-order valence-electron chi connectivity index (χ2n) is 6.43. The maximum Gasteiger partial charge on any atom is 0.223 e. The van der Waals surface area contributed by atoms with E-state index < -0.39 is 6.10 Å². The molecular formula is C21H26FNO3. The maximum absolute atomic E-state index is 13.1. The Kier molecular flexibility index (Phi) is 7.16. The number of carbonyl (C=O) groups excluding carboxylic acids is 1. The zero-order chi connectivity index (χ0) is 19.1. The summed E-state index contributed by atoms with van der Waals surface area (Å²) in [5.74, 6) is 0.356. The number of aliphatic hydroxyl groups is 1. The number of hydrogen-bond donors (Lipinski definition) is 1. The normalized spacial score (nSPS) is 13.1. The highest BCUT2D eigenvalue weighted by Crippen LogP contribution is 2.25. The molecule has 0 radical (unpaired) electrons. The molecule has 1 amide bonds. The van der Waals surface area contributed by atoms with Crippen molar-refractivity contribution >= 4 is 5.91 Å². The number of methoxy groups -OCH3 is 1. The first-order chi connectivity index (χ1) is 12.4. The van der Waals surface area contributed by atoms with Gasteiger partial charge in [0, 0.05) is 13.5 Å². The molecule has 2 aromatic carbocycles. The molecule has 26 heavy (non-hydrogen) atoms. The van der Waals surface area contributed by atoms with Gasteiger partial charge in [0.2, 0.25) is 5.91 Å². The van der Waals surface area contributed by atoms with Crippen molar-refractivity contribution in [2.45, 2.75) is 31.8 Å². The molecule has 0 bridgehead atoms. The number of hydrogen-bond acceptors (Lipinski definition) is 3. The van der Waals surface area contributed by atoms with Gasteiger partial charge in [-0.2, -0.15) is 0 Å². The Bertz CT molecular complexity index is 717. The molecule has 0 aliphatic heterocycles. The molecule has 2 unspecified atom stereocenters. The minimum atomic E-state index is -0.787. The van der Waals surface area contributed by atoms with E-state index in [9.17, 15) is 14.3 Å². The van der Waals surface area contributed by atoms with Crippen molar-refractivity contribution in [3.8, 4) is 5.75 Å². The van der Waals surface area contributed by atoms with E-state index in [1.807, 2.05) is 6.92 Å². The minimum Gasteiger partial charge on any atom is -0.497 e. The van der Waals surface area contributed by atoms with Gasteiger partial charge in [0.05, 0.1) is 19.8 Å². The van der Waals surface area contributed by atoms with Gasteiger partial charge in [-0.25, -0.2) is 4.39 Å². The van der Waals surface area contributed by atoms with Gasteiger partial charge >= 0.3 is 0 Å². The molecule has 140 valence electrons. The summed E-state index contributed by atoms with van der Waals surface area (Å²) in [5.41, 5.74) is 1.65. The van der Waals surface area contributed by atoms with Crippen molar-refractivity contribution in [3.05, 3.63) is 65.5 Å². The highest BCUT2D eigenvalue weighted by molar-refractivity contribution is 5.77. The van der Waals surface area contributed by atoms with Crippen molar-refractivity contribution in [1.29, 1.82) is 0 Å². The number of carbonyl (C=O) groups is 1. The van der Waals surface area contributed by atoms with E-state index >= 15 is 0 Å². The van der Waals surface area contributed by atoms with Gasteiger partial charge in [-0.05, 0) is 47.7 Å². The predicted octanol–water partition coefficient (Wildman–Crippen LogP) is 3.91. The van der Waals surface area contributed by atoms with Crippen molar-refractivity contribution in [2.24, 2.45) is 0 Å². The molecule has 0 spiro atoms. The van der Waals surface area contributed by atoms with Crippen molar-refractivity contribution in [1.82, 2.24) is 4.90 Å². The first-order valence-electron chi connectivity index (χ1n) is 8.76. The van der Waals surface area contributed by atoms with Gasteiger partial charge in [0.1, 0.15) is 11.6 Å². The Labute approximate surface area is 154 Å². The Morgan fingerprint density at radius 1 is 1.19 bits per heavy atom. The van der Waals surface area contributed by atoms with Gasteiger partial charge < -0.3 is 14.7 Å². The van der Waals surface area contributed by atoms with Crippen LogP contribution in [0.1, 0.15) is 42.9 Å². The SMILES string of the molecule is CCC(CC(=O)N(C)CC(O)c1cccc(OC)c1)c1ccc(F)cc1. The molecular weight excluding hydrogens is 333 g/mol. The lowest BCUT2D eigenvalue weighted by Gasteiger charge is -2.24. The number of amides is 1. The molecule has 2 atom stereocenters. The van der Waals surface area contributed by atoms with Crippen molar-refractivity contribution < 1.29 is 19.0 Å². The van der Waals surface area contributed by atoms with Crippen molar-refractivity contribution in [2.75, 3.05) is 20.7 Å². The molecule has 0 fully saturated rings. The lowest BCUT2D eigenvalue weighted by atomic mass is 9.92. The molecule has 2 rings (SSSR count). The number of halogens is 1. The first-order valence-corrected chi connectivity index (χ1v) is 8.76. The largest absolute Gasteiger partial charge is 0.497 e. The number of ether oxygens (including phenoxy) is 1. The predicted molar refractivity (Wildman–Crippen MR) is 99.6 cm³/mol. The van der Waals surface area contributed by atoms with Crippen LogP contribution in [0.15, 0.2) is 48.5 Å². The van der Waals surface area contributed by atoms with E-state index in [0.717, 1.165) is 12.0 Å². The molecule has 4 nitrogen and oxygen atoms in total. The zero-order valence-electron chi connectivity index (χ0n) is 15.5. The molecule has 0 saturated carbocycles. The van der Waals surface area contributed by atoms with E-state index in [2.05, 4.69) is 0 Å². The third-order valence-corrected chi connectivity index (χ3v) is 4.61. The summed E-state index contributed by atoms with van der Waals surface area (Å²) in [4.78, 5) is 14.1. The van der Waals surface area contributed by atoms with Crippen LogP contribution in [0.4, 0.5) is 4.39 Å². The number of nitrogens with zero attached hydrogens (tertiary/aromatic N) is 1. The summed E-state index contributed by atoms with van der Waals surface area (Å²) < 4.78 is 18.3. The summed E-state index contributed by atoms with van der Waals surface area (Å²) >= 11 is 0. The first kappa shape index (κ1) is 19.9. The lowest BCUT2D eigenvalue weighted by molar-refractivity contribution is -0.131. The molecule has 0 saturated heterocycles. The fraction of sp³-hybridized carbons (Fsp3) is 0.381. The van der Waals surface area contributed by atoms with Crippen LogP contribution >= 0.6 is 0 Å². The second-order valence-corrected chi connectivity index (χ2v) is 6.43. The highest BCUT2D eigenvalue weighted by atomic mass is 19.1. The second kappa shape index (κ2) is 9.34. The van der Waals surface area contributed by atoms with E-state index in [-0.39, 0.29) is 24.2 Å². The van der Waals surface area contributed by atoms with Gasteiger partial charge in [0.15, 0.2) is 0 Å². The third kappa shape index (κ3) is 5.30. The summed E-state index contributed by atoms with van der Waals surface area (Å²) in [6, 6.07) is 13.5. The molecule has 0 heterocycles. The maximum atomic E-state index is 13.1. The highest BCUT2D eigenvalue weighted by Gasteiger charge is 2.20. The molecule has 5 heteroatoms. The third-order valence-electron chi connectivity index (χ3n) is 4.61. The summed E-state index contributed by atoms with van der Waals surface area (Å²) in [7, 11) is 3.25. The smallest absolute Gasteiger partial charge is 0.223 e. The van der Waals surface area contributed by atoms with E-state index in [1.54, 1.807) is 50.6 Å². The average Bonchev–Trinajstić information content (AvgIpc) is 2.66. The van der Waals surface area contributed by atoms with Crippen molar-refractivity contribution in [3.63, 3.8) is 0 Å². The average molecular weight is 359 g/mol. The summed E-state index contributed by atoms with van der Waals surface area (Å²) in [6.07, 6.45) is 0.317. The fourth-order valence-corrected chi connectivity index (χ4v) is 2.91. The van der Waals surface area contributed by atoms with E-state index in [0.29, 0.717) is 17.7 Å². The summed E-state index contributed by atoms with van der Waals surface area (Å²) in [5, 5.41) is 10.4. The molecule has 0 aliphatic rings. The fourth-order valence-electron chi connectivity index (χ4n) is 2.91. The molecule has 2 aromatic rings. The Morgan fingerprint density at radius 3 is 2.50 bits per heavy atom. The molecule has 1 N–H and O–H groups in total. The van der Waals surface area contributed by atoms with Crippen LogP contribution in [0, 0.1) is 5.82 Å². The zero-order valence-corrected chi connectivity index (χ0v) is 15.5. The van der Waals surface area contributed by atoms with Gasteiger partial charge in [-0.15, -0.1) is 0 Å². The van der Waals surface area contributed by atoms with Gasteiger partial charge in [-0.3, -0.25) is 4.79 Å². The topological polar surface area (TPSA) is 49.8 Å². The van der Waals surface area contributed by atoms with Crippen LogP contribution in [0.2, 0.25) is 0 Å². The standard InChI is InChI=1S/C21H26FNO3/c1-4-15(16-8-10-18(22)11-9-16)13-21(25)23(2)14-20(24)17-6-5-7-19(12-17)26-3/h5-12,15,20,24H,4,13-14H2,1-3H3. The number of rotatable bonds is 8. The quantitative estimate of drug-likeness (QED) is 0.777. The number of benzene rings is 2. The minimum absolute atomic E-state index is 0.0273. The van der Waals surface area contributed by atoms with Gasteiger partial charge in [-0.1, -0.05) is 31.2 Å². The summed E-state index contributed by atoms with van der Waals surface area (Å²) in [6.45, 7) is 2.21. The van der Waals surface area contributed by atoms with E-state index in [1.165, 1.54) is 17.0 Å². The van der Waals surface area contributed by atoms with Crippen LogP contribution in [-0.4, -0.2) is 36.6 Å². The molecule has 0 aromatic heterocycles. The lowest BCUT2D eigenvalue weighted by Crippen LogP contribution is -2.32. The Morgan fingerprint density at radius 2 is 1.88 bits per heavy atom. The van der Waals surface area contributed by atoms with Gasteiger partial charge in [0.25, 0.3) is 0 Å². The van der Waals surface area contributed by atoms with Crippen LogP contribution in [-0.2, 0) is 4.79 Å². The Balaban J connectivity index is 1.98. The van der Waals surface area contributed by atoms with Crippen LogP contribution in [0.3, 0.4) is 0 Å². The van der Waals surface area contributed by atoms with E-state index in [4.69, 9.17) is 4.74 Å². The van der Waals surface area contributed by atoms with Crippen LogP contribution in [0.5, 0.6) is 5.75 Å².